The van der Waals surface area contributed by atoms with Gasteiger partial charge in [-0.05, 0) is 65.4 Å². The van der Waals surface area contributed by atoms with Gasteiger partial charge in [-0.3, -0.25) is 14.5 Å². The van der Waals surface area contributed by atoms with Gasteiger partial charge in [-0.25, -0.2) is 4.79 Å². The van der Waals surface area contributed by atoms with Gasteiger partial charge in [0.15, 0.2) is 0 Å². The van der Waals surface area contributed by atoms with Gasteiger partial charge in [0.25, 0.3) is 0 Å². The van der Waals surface area contributed by atoms with Crippen molar-refractivity contribution in [2.75, 3.05) is 18.5 Å². The first-order valence-electron chi connectivity index (χ1n) is 11.5. The Balaban J connectivity index is 2.12. The number of carboxylic acids is 1. The van der Waals surface area contributed by atoms with E-state index in [2.05, 4.69) is 31.8 Å². The summed E-state index contributed by atoms with van der Waals surface area (Å²) in [6.07, 6.45) is 4.78. The molecule has 1 fully saturated rings. The molecule has 1 aromatic heterocycles. The predicted molar refractivity (Wildman–Crippen MR) is 131 cm³/mol. The number of carbonyl (C=O) groups is 3. The molecule has 0 aromatic carbocycles. The second-order valence-corrected chi connectivity index (χ2v) is 11.4. The lowest BCUT2D eigenvalue weighted by Gasteiger charge is -2.40. The molecule has 178 valence electrons. The molecular formula is C26H34N2O4S. The fourth-order valence-corrected chi connectivity index (χ4v) is 5.37. The third-order valence-corrected chi connectivity index (χ3v) is 7.30. The molecule has 1 aromatic rings. The minimum atomic E-state index is -1.11. The van der Waals surface area contributed by atoms with E-state index in [4.69, 9.17) is 0 Å². The van der Waals surface area contributed by atoms with Crippen LogP contribution in [-0.4, -0.2) is 47.4 Å². The largest absolute Gasteiger partial charge is 0.477 e. The third-order valence-electron chi connectivity index (χ3n) is 6.28. The van der Waals surface area contributed by atoms with Crippen LogP contribution in [0.15, 0.2) is 17.7 Å². The number of nitrogens with zero attached hydrogens (tertiary/aromatic N) is 2. The molecule has 2 amide bonds. The summed E-state index contributed by atoms with van der Waals surface area (Å²) in [6.45, 7) is 10.7. The van der Waals surface area contributed by atoms with Crippen molar-refractivity contribution in [2.24, 2.45) is 17.3 Å². The first-order valence-corrected chi connectivity index (χ1v) is 12.3. The molecule has 0 radical (unpaired) electrons. The van der Waals surface area contributed by atoms with Gasteiger partial charge >= 0.3 is 5.97 Å². The number of carbonyl (C=O) groups excluding carboxylic acids is 2. The maximum atomic E-state index is 14.0. The van der Waals surface area contributed by atoms with Gasteiger partial charge in [0.2, 0.25) is 11.8 Å². The third kappa shape index (κ3) is 5.67. The SMILES string of the molecule is CC1=CC[C@H](C(=O)N(c2cc(C#CC(C)(C)C)sc2C(=O)O)[C@H]2CCCN(C)C2=O)[C@@H](C)C1. The molecule has 0 spiro atoms. The lowest BCUT2D eigenvalue weighted by Crippen LogP contribution is -2.55. The molecule has 33 heavy (non-hydrogen) atoms. The number of likely N-dealkylation sites (tertiary alicyclic amines) is 1. The number of carboxylic acid groups (broad SMARTS) is 1. The normalized spacial score (nSPS) is 23.5. The van der Waals surface area contributed by atoms with Crippen LogP contribution >= 0.6 is 11.3 Å². The second kappa shape index (κ2) is 9.72. The molecule has 6 nitrogen and oxygen atoms in total. The van der Waals surface area contributed by atoms with Crippen molar-refractivity contribution in [3.05, 3.63) is 27.5 Å². The summed E-state index contributed by atoms with van der Waals surface area (Å²) in [7, 11) is 1.73. The Kier molecular flexibility index (Phi) is 7.38. The Bertz CT molecular complexity index is 1040. The topological polar surface area (TPSA) is 77.9 Å². The van der Waals surface area contributed by atoms with Gasteiger partial charge in [0, 0.05) is 24.9 Å². The molecular weight excluding hydrogens is 436 g/mol. The molecule has 0 unspecified atom stereocenters. The molecule has 3 atom stereocenters. The number of aromatic carboxylic acids is 1. The number of hydrogen-bond acceptors (Lipinski definition) is 4. The summed E-state index contributed by atoms with van der Waals surface area (Å²) in [6, 6.07) is 0.980. The van der Waals surface area contributed by atoms with E-state index in [-0.39, 0.29) is 33.9 Å². The average Bonchev–Trinajstić information content (AvgIpc) is 3.13. The average molecular weight is 471 g/mol. The quantitative estimate of drug-likeness (QED) is 0.507. The Morgan fingerprint density at radius 2 is 2.00 bits per heavy atom. The molecule has 3 rings (SSSR count). The lowest BCUT2D eigenvalue weighted by molar-refractivity contribution is -0.136. The van der Waals surface area contributed by atoms with Crippen LogP contribution < -0.4 is 4.90 Å². The summed E-state index contributed by atoms with van der Waals surface area (Å²) in [5.74, 6) is 4.61. The van der Waals surface area contributed by atoms with E-state index >= 15 is 0 Å². The number of likely N-dealkylation sites (N-methyl/N-ethyl adjacent to an activating group) is 1. The van der Waals surface area contributed by atoms with E-state index in [9.17, 15) is 19.5 Å². The zero-order chi connectivity index (χ0) is 24.5. The number of anilines is 1. The van der Waals surface area contributed by atoms with Crippen LogP contribution in [0.5, 0.6) is 0 Å². The van der Waals surface area contributed by atoms with Crippen molar-refractivity contribution < 1.29 is 19.5 Å². The minimum Gasteiger partial charge on any atom is -0.477 e. The number of hydrogen-bond donors (Lipinski definition) is 1. The number of piperidine rings is 1. The summed E-state index contributed by atoms with van der Waals surface area (Å²) in [4.78, 5) is 43.1. The molecule has 0 bridgehead atoms. The van der Waals surface area contributed by atoms with Gasteiger partial charge in [0.05, 0.1) is 10.6 Å². The molecule has 7 heteroatoms. The maximum Gasteiger partial charge on any atom is 0.348 e. The van der Waals surface area contributed by atoms with Crippen molar-refractivity contribution in [3.63, 3.8) is 0 Å². The first-order chi connectivity index (χ1) is 15.4. The minimum absolute atomic E-state index is 0.0535. The van der Waals surface area contributed by atoms with Crippen molar-refractivity contribution in [1.82, 2.24) is 4.90 Å². The van der Waals surface area contributed by atoms with Crippen molar-refractivity contribution in [1.29, 1.82) is 0 Å². The smallest absolute Gasteiger partial charge is 0.348 e. The number of amides is 2. The van der Waals surface area contributed by atoms with Crippen molar-refractivity contribution in [3.8, 4) is 11.8 Å². The van der Waals surface area contributed by atoms with Crippen molar-refractivity contribution in [2.45, 2.75) is 66.3 Å². The van der Waals surface area contributed by atoms with Crippen LogP contribution in [0.25, 0.3) is 0 Å². The Morgan fingerprint density at radius 1 is 1.30 bits per heavy atom. The van der Waals surface area contributed by atoms with Gasteiger partial charge < -0.3 is 10.0 Å². The molecule has 1 saturated heterocycles. The fraction of sp³-hybridized carbons (Fsp3) is 0.577. The van der Waals surface area contributed by atoms with E-state index < -0.39 is 12.0 Å². The first kappa shape index (κ1) is 25.0. The summed E-state index contributed by atoms with van der Waals surface area (Å²) < 4.78 is 0. The monoisotopic (exact) mass is 470 g/mol. The highest BCUT2D eigenvalue weighted by Gasteiger charge is 2.41. The fourth-order valence-electron chi connectivity index (χ4n) is 4.53. The standard InChI is InChI=1S/C26H34N2O4S/c1-16-9-10-19(17(2)14-16)23(29)28(20-8-7-13-27(6)24(20)30)21-15-18(11-12-26(3,4)5)33-22(21)25(31)32/h9,15,17,19-20H,7-8,10,13-14H2,1-6H3,(H,31,32)/t17-,19-,20-/m0/s1. The Morgan fingerprint density at radius 3 is 2.61 bits per heavy atom. The molecule has 1 aliphatic carbocycles. The molecule has 1 N–H and O–H groups in total. The van der Waals surface area contributed by atoms with Crippen molar-refractivity contribution >= 4 is 34.8 Å². The molecule has 1 aliphatic heterocycles. The van der Waals surface area contributed by atoms with Crippen LogP contribution in [0.4, 0.5) is 5.69 Å². The van der Waals surface area contributed by atoms with Gasteiger partial charge in [0.1, 0.15) is 10.9 Å². The van der Waals surface area contributed by atoms with Crippen LogP contribution in [-0.2, 0) is 9.59 Å². The summed E-state index contributed by atoms with van der Waals surface area (Å²) in [5.41, 5.74) is 1.31. The van der Waals surface area contributed by atoms with Gasteiger partial charge in [-0.1, -0.05) is 30.4 Å². The Hall–Kier alpha value is -2.59. The maximum absolute atomic E-state index is 14.0. The highest BCUT2D eigenvalue weighted by Crippen LogP contribution is 2.38. The highest BCUT2D eigenvalue weighted by atomic mass is 32.1. The Labute approximate surface area is 200 Å². The number of thiophene rings is 1. The van der Waals surface area contributed by atoms with E-state index in [1.165, 1.54) is 10.5 Å². The van der Waals surface area contributed by atoms with E-state index in [1.54, 1.807) is 18.0 Å². The number of allylic oxidation sites excluding steroid dienone is 2. The number of rotatable bonds is 4. The van der Waals surface area contributed by atoms with Gasteiger partial charge in [-0.15, -0.1) is 11.3 Å². The summed E-state index contributed by atoms with van der Waals surface area (Å²) in [5, 5.41) is 9.97. The predicted octanol–water partition coefficient (Wildman–Crippen LogP) is 4.79. The molecule has 2 heterocycles. The van der Waals surface area contributed by atoms with Crippen LogP contribution in [0.1, 0.15) is 74.9 Å². The zero-order valence-electron chi connectivity index (χ0n) is 20.4. The second-order valence-electron chi connectivity index (χ2n) is 10.3. The summed E-state index contributed by atoms with van der Waals surface area (Å²) >= 11 is 1.06. The van der Waals surface area contributed by atoms with E-state index in [0.717, 1.165) is 24.2 Å². The van der Waals surface area contributed by atoms with Crippen LogP contribution in [0.2, 0.25) is 0 Å². The van der Waals surface area contributed by atoms with Crippen LogP contribution in [0.3, 0.4) is 0 Å². The highest BCUT2D eigenvalue weighted by molar-refractivity contribution is 7.15. The zero-order valence-corrected chi connectivity index (χ0v) is 21.2. The molecule has 2 aliphatic rings. The van der Waals surface area contributed by atoms with Gasteiger partial charge in [-0.2, -0.15) is 0 Å². The van der Waals surface area contributed by atoms with E-state index in [0.29, 0.717) is 30.0 Å². The van der Waals surface area contributed by atoms with E-state index in [1.807, 2.05) is 20.8 Å². The lowest BCUT2D eigenvalue weighted by atomic mass is 9.80. The van der Waals surface area contributed by atoms with Crippen LogP contribution in [0, 0.1) is 29.1 Å². The molecule has 0 saturated carbocycles.